The number of hydrogen-bond donors (Lipinski definition) is 1. The van der Waals surface area contributed by atoms with Crippen LogP contribution in [0.4, 0.5) is 0 Å². The van der Waals surface area contributed by atoms with Crippen molar-refractivity contribution < 1.29 is 19.1 Å². The topological polar surface area (TPSA) is 80.8 Å². The number of carbonyl (C=O) groups is 2. The van der Waals surface area contributed by atoms with Gasteiger partial charge in [-0.1, -0.05) is 0 Å². The normalized spacial score (nSPS) is 19.5. The largest absolute Gasteiger partial charge is 0.481 e. The fourth-order valence-corrected chi connectivity index (χ4v) is 3.14. The number of fused-ring (bicyclic) bond motifs is 1. The summed E-state index contributed by atoms with van der Waals surface area (Å²) in [5.41, 5.74) is 2.04. The zero-order valence-electron chi connectivity index (χ0n) is 14.1. The molecule has 1 aromatic rings. The SMILES string of the molecule is CCN1Cc2nc(OC)c(CNC(=O)CC3CCCO3)cc2C1=O. The Bertz CT molecular complexity index is 641. The first-order valence-electron chi connectivity index (χ1n) is 8.36. The third-order valence-electron chi connectivity index (χ3n) is 4.49. The molecule has 0 bridgehead atoms. The van der Waals surface area contributed by atoms with Crippen molar-refractivity contribution >= 4 is 11.8 Å². The molecule has 0 aromatic carbocycles. The fourth-order valence-electron chi connectivity index (χ4n) is 3.14. The Balaban J connectivity index is 1.68. The Labute approximate surface area is 141 Å². The Kier molecular flexibility index (Phi) is 4.99. The van der Waals surface area contributed by atoms with Gasteiger partial charge in [0.25, 0.3) is 5.91 Å². The molecular weight excluding hydrogens is 310 g/mol. The Morgan fingerprint density at radius 3 is 3.04 bits per heavy atom. The maximum atomic E-state index is 12.3. The number of methoxy groups -OCH3 is 1. The maximum Gasteiger partial charge on any atom is 0.256 e. The second kappa shape index (κ2) is 7.17. The summed E-state index contributed by atoms with van der Waals surface area (Å²) in [5.74, 6) is 0.373. The van der Waals surface area contributed by atoms with Gasteiger partial charge in [-0.25, -0.2) is 4.98 Å². The van der Waals surface area contributed by atoms with Gasteiger partial charge in [0, 0.05) is 25.3 Å². The molecule has 0 radical (unpaired) electrons. The highest BCUT2D eigenvalue weighted by molar-refractivity contribution is 5.98. The fraction of sp³-hybridized carbons (Fsp3) is 0.588. The van der Waals surface area contributed by atoms with Crippen LogP contribution in [0.1, 0.15) is 47.8 Å². The number of carbonyl (C=O) groups excluding carboxylic acids is 2. The van der Waals surface area contributed by atoms with Gasteiger partial charge in [-0.2, -0.15) is 0 Å². The van der Waals surface area contributed by atoms with Crippen molar-refractivity contribution in [3.8, 4) is 5.88 Å². The lowest BCUT2D eigenvalue weighted by atomic mass is 10.1. The van der Waals surface area contributed by atoms with E-state index in [0.717, 1.165) is 25.1 Å². The molecule has 0 spiro atoms. The summed E-state index contributed by atoms with van der Waals surface area (Å²) in [5, 5.41) is 2.87. The Hall–Kier alpha value is -2.15. The van der Waals surface area contributed by atoms with Gasteiger partial charge in [-0.3, -0.25) is 9.59 Å². The van der Waals surface area contributed by atoms with E-state index in [0.29, 0.717) is 36.5 Å². The molecule has 0 aliphatic carbocycles. The highest BCUT2D eigenvalue weighted by Gasteiger charge is 2.29. The van der Waals surface area contributed by atoms with Gasteiger partial charge in [0.2, 0.25) is 11.8 Å². The van der Waals surface area contributed by atoms with E-state index in [2.05, 4.69) is 10.3 Å². The first-order chi connectivity index (χ1) is 11.6. The number of ether oxygens (including phenoxy) is 2. The van der Waals surface area contributed by atoms with Crippen molar-refractivity contribution in [1.82, 2.24) is 15.2 Å². The van der Waals surface area contributed by atoms with Gasteiger partial charge < -0.3 is 19.7 Å². The third-order valence-corrected chi connectivity index (χ3v) is 4.49. The second-order valence-corrected chi connectivity index (χ2v) is 6.09. The average molecular weight is 333 g/mol. The van der Waals surface area contributed by atoms with Crippen molar-refractivity contribution in [3.63, 3.8) is 0 Å². The number of hydrogen-bond acceptors (Lipinski definition) is 5. The van der Waals surface area contributed by atoms with Gasteiger partial charge >= 0.3 is 0 Å². The highest BCUT2D eigenvalue weighted by Crippen LogP contribution is 2.27. The molecular formula is C17H23N3O4. The first kappa shape index (κ1) is 16.7. The van der Waals surface area contributed by atoms with Gasteiger partial charge in [-0.15, -0.1) is 0 Å². The molecule has 0 saturated carbocycles. The number of nitrogens with zero attached hydrogens (tertiary/aromatic N) is 2. The molecule has 3 heterocycles. The van der Waals surface area contributed by atoms with Gasteiger partial charge in [0.05, 0.1) is 37.4 Å². The minimum atomic E-state index is -0.0639. The van der Waals surface area contributed by atoms with Crippen molar-refractivity contribution in [1.29, 1.82) is 0 Å². The molecule has 1 atom stereocenters. The number of rotatable bonds is 6. The standard InChI is InChI=1S/C17H23N3O4/c1-3-20-10-14-13(17(20)22)7-11(16(19-14)23-2)9-18-15(21)8-12-5-4-6-24-12/h7,12H,3-6,8-10H2,1-2H3,(H,18,21). The molecule has 1 fully saturated rings. The van der Waals surface area contributed by atoms with Crippen molar-refractivity contribution in [2.45, 2.75) is 45.4 Å². The van der Waals surface area contributed by atoms with Crippen LogP contribution in [0.5, 0.6) is 5.88 Å². The Morgan fingerprint density at radius 1 is 1.54 bits per heavy atom. The van der Waals surface area contributed by atoms with E-state index in [9.17, 15) is 9.59 Å². The van der Waals surface area contributed by atoms with Crippen molar-refractivity contribution in [2.24, 2.45) is 0 Å². The van der Waals surface area contributed by atoms with Crippen LogP contribution in [0.3, 0.4) is 0 Å². The Morgan fingerprint density at radius 2 is 2.38 bits per heavy atom. The molecule has 2 aliphatic heterocycles. The monoisotopic (exact) mass is 333 g/mol. The molecule has 7 nitrogen and oxygen atoms in total. The van der Waals surface area contributed by atoms with E-state index >= 15 is 0 Å². The summed E-state index contributed by atoms with van der Waals surface area (Å²) in [6.07, 6.45) is 2.32. The number of pyridine rings is 1. The van der Waals surface area contributed by atoms with E-state index in [1.54, 1.807) is 18.1 Å². The van der Waals surface area contributed by atoms with Crippen LogP contribution < -0.4 is 10.1 Å². The molecule has 1 N–H and O–H groups in total. The molecule has 2 amide bonds. The van der Waals surface area contributed by atoms with Gasteiger partial charge in [-0.05, 0) is 25.8 Å². The number of aromatic nitrogens is 1. The minimum Gasteiger partial charge on any atom is -0.481 e. The zero-order valence-corrected chi connectivity index (χ0v) is 14.1. The molecule has 24 heavy (non-hydrogen) atoms. The molecule has 3 rings (SSSR count). The van der Waals surface area contributed by atoms with E-state index in [1.165, 1.54) is 0 Å². The zero-order chi connectivity index (χ0) is 17.1. The van der Waals surface area contributed by atoms with Crippen LogP contribution in [-0.4, -0.2) is 48.1 Å². The van der Waals surface area contributed by atoms with E-state index < -0.39 is 0 Å². The summed E-state index contributed by atoms with van der Waals surface area (Å²) < 4.78 is 10.8. The van der Waals surface area contributed by atoms with E-state index in [-0.39, 0.29) is 24.5 Å². The van der Waals surface area contributed by atoms with Crippen LogP contribution >= 0.6 is 0 Å². The molecule has 130 valence electrons. The summed E-state index contributed by atoms with van der Waals surface area (Å²) in [4.78, 5) is 30.5. The summed E-state index contributed by atoms with van der Waals surface area (Å²) >= 11 is 0. The predicted octanol–water partition coefficient (Wildman–Crippen LogP) is 1.25. The first-order valence-corrected chi connectivity index (χ1v) is 8.36. The van der Waals surface area contributed by atoms with Crippen LogP contribution in [0.15, 0.2) is 6.07 Å². The number of amides is 2. The van der Waals surface area contributed by atoms with Gasteiger partial charge in [0.15, 0.2) is 0 Å². The summed E-state index contributed by atoms with van der Waals surface area (Å²) in [7, 11) is 1.54. The maximum absolute atomic E-state index is 12.3. The van der Waals surface area contributed by atoms with Gasteiger partial charge in [0.1, 0.15) is 0 Å². The molecule has 1 saturated heterocycles. The van der Waals surface area contributed by atoms with Crippen molar-refractivity contribution in [3.05, 3.63) is 22.9 Å². The lowest BCUT2D eigenvalue weighted by Crippen LogP contribution is -2.27. The second-order valence-electron chi connectivity index (χ2n) is 6.09. The third kappa shape index (κ3) is 3.36. The molecule has 1 unspecified atom stereocenters. The summed E-state index contributed by atoms with van der Waals surface area (Å²) in [6, 6.07) is 1.78. The van der Waals surface area contributed by atoms with E-state index in [1.807, 2.05) is 6.92 Å². The summed E-state index contributed by atoms with van der Waals surface area (Å²) in [6.45, 7) is 4.11. The van der Waals surface area contributed by atoms with Crippen molar-refractivity contribution in [2.75, 3.05) is 20.3 Å². The highest BCUT2D eigenvalue weighted by atomic mass is 16.5. The van der Waals surface area contributed by atoms with E-state index in [4.69, 9.17) is 9.47 Å². The minimum absolute atomic E-state index is 0.0183. The molecule has 7 heteroatoms. The predicted molar refractivity (Wildman–Crippen MR) is 86.6 cm³/mol. The van der Waals surface area contributed by atoms with Crippen LogP contribution in [0.25, 0.3) is 0 Å². The smallest absolute Gasteiger partial charge is 0.256 e. The molecule has 2 aliphatic rings. The van der Waals surface area contributed by atoms with Crippen LogP contribution in [0.2, 0.25) is 0 Å². The number of nitrogens with one attached hydrogen (secondary N) is 1. The van der Waals surface area contributed by atoms with Crippen LogP contribution in [-0.2, 0) is 22.6 Å². The lowest BCUT2D eigenvalue weighted by Gasteiger charge is -2.12. The quantitative estimate of drug-likeness (QED) is 0.847. The lowest BCUT2D eigenvalue weighted by molar-refractivity contribution is -0.123. The molecule has 1 aromatic heterocycles. The average Bonchev–Trinajstić information content (AvgIpc) is 3.20. The van der Waals surface area contributed by atoms with Crippen LogP contribution in [0, 0.1) is 0 Å².